The van der Waals surface area contributed by atoms with Crippen molar-refractivity contribution in [1.82, 2.24) is 0 Å². The molecule has 2 aromatic carbocycles. The fourth-order valence-corrected chi connectivity index (χ4v) is 2.61. The van der Waals surface area contributed by atoms with Crippen LogP contribution in [0.4, 0.5) is 5.69 Å². The van der Waals surface area contributed by atoms with Crippen LogP contribution in [0.25, 0.3) is 0 Å². The number of nitrogens with one attached hydrogen (secondary N) is 1. The number of sulfonamides is 1. The number of benzene rings is 2. The van der Waals surface area contributed by atoms with E-state index >= 15 is 0 Å². The number of carboxylic acid groups (broad SMARTS) is 1. The van der Waals surface area contributed by atoms with Gasteiger partial charge in [-0.05, 0) is 29.8 Å². The highest BCUT2D eigenvalue weighted by Gasteiger charge is 2.16. The molecule has 2 aromatic rings. The summed E-state index contributed by atoms with van der Waals surface area (Å²) in [5.74, 6) is -1.26. The minimum atomic E-state index is -3.96. The Labute approximate surface area is 132 Å². The second kappa shape index (κ2) is 6.35. The molecule has 22 heavy (non-hydrogen) atoms. The Morgan fingerprint density at radius 3 is 2.50 bits per heavy atom. The first-order valence-corrected chi connectivity index (χ1v) is 8.09. The normalized spacial score (nSPS) is 11.2. The van der Waals surface area contributed by atoms with Gasteiger partial charge in [-0.1, -0.05) is 29.8 Å². The van der Waals surface area contributed by atoms with Crippen LogP contribution in [0.3, 0.4) is 0 Å². The number of aromatic carboxylic acids is 1. The molecule has 4 N–H and O–H groups in total. The second-order valence-corrected chi connectivity index (χ2v) is 6.47. The van der Waals surface area contributed by atoms with E-state index in [0.29, 0.717) is 11.6 Å². The van der Waals surface area contributed by atoms with Gasteiger partial charge in [0.05, 0.1) is 10.5 Å². The molecule has 116 valence electrons. The number of rotatable bonds is 5. The predicted molar refractivity (Wildman–Crippen MR) is 83.6 cm³/mol. The molecule has 0 radical (unpaired) electrons. The van der Waals surface area contributed by atoms with Crippen molar-refractivity contribution in [3.63, 3.8) is 0 Å². The van der Waals surface area contributed by atoms with Gasteiger partial charge >= 0.3 is 5.97 Å². The van der Waals surface area contributed by atoms with E-state index in [2.05, 4.69) is 5.32 Å². The van der Waals surface area contributed by atoms with Crippen molar-refractivity contribution in [3.05, 3.63) is 58.6 Å². The van der Waals surface area contributed by atoms with E-state index in [1.54, 1.807) is 18.2 Å². The van der Waals surface area contributed by atoms with Crippen molar-refractivity contribution in [2.24, 2.45) is 5.14 Å². The maximum atomic E-state index is 11.3. The molecule has 0 fully saturated rings. The molecule has 0 aromatic heterocycles. The zero-order valence-electron chi connectivity index (χ0n) is 11.3. The van der Waals surface area contributed by atoms with Gasteiger partial charge in [-0.3, -0.25) is 0 Å². The molecule has 0 aliphatic rings. The van der Waals surface area contributed by atoms with Crippen LogP contribution in [-0.4, -0.2) is 19.5 Å². The third-order valence-electron chi connectivity index (χ3n) is 2.98. The zero-order chi connectivity index (χ0) is 16.3. The monoisotopic (exact) mass is 340 g/mol. The average molecular weight is 341 g/mol. The Hall–Kier alpha value is -2.09. The second-order valence-electron chi connectivity index (χ2n) is 4.50. The fourth-order valence-electron chi connectivity index (χ4n) is 1.86. The molecule has 0 amide bonds. The topological polar surface area (TPSA) is 109 Å². The summed E-state index contributed by atoms with van der Waals surface area (Å²) in [5.41, 5.74) is 0.884. The quantitative estimate of drug-likeness (QED) is 0.773. The van der Waals surface area contributed by atoms with Crippen molar-refractivity contribution in [3.8, 4) is 0 Å². The lowest BCUT2D eigenvalue weighted by Gasteiger charge is -2.11. The highest BCUT2D eigenvalue weighted by atomic mass is 35.5. The maximum absolute atomic E-state index is 11.3. The molecule has 8 heteroatoms. The smallest absolute Gasteiger partial charge is 0.337 e. The standard InChI is InChI=1S/C14H13ClN2O4S/c15-12-4-2-1-3-9(12)8-17-13-6-5-10(22(16,20)21)7-11(13)14(18)19/h1-7,17H,8H2,(H,18,19)(H2,16,20,21). The molecular weight excluding hydrogens is 328 g/mol. The van der Waals surface area contributed by atoms with E-state index in [1.165, 1.54) is 12.1 Å². The van der Waals surface area contributed by atoms with Gasteiger partial charge in [0.1, 0.15) is 0 Å². The summed E-state index contributed by atoms with van der Waals surface area (Å²) < 4.78 is 22.6. The van der Waals surface area contributed by atoms with E-state index in [4.69, 9.17) is 16.7 Å². The van der Waals surface area contributed by atoms with E-state index in [0.717, 1.165) is 11.6 Å². The molecule has 0 aliphatic heterocycles. The lowest BCUT2D eigenvalue weighted by molar-refractivity contribution is 0.0697. The lowest BCUT2D eigenvalue weighted by atomic mass is 10.1. The van der Waals surface area contributed by atoms with Gasteiger partial charge in [-0.2, -0.15) is 0 Å². The van der Waals surface area contributed by atoms with Crippen LogP contribution >= 0.6 is 11.6 Å². The average Bonchev–Trinajstić information content (AvgIpc) is 2.45. The summed E-state index contributed by atoms with van der Waals surface area (Å²) in [6.07, 6.45) is 0. The van der Waals surface area contributed by atoms with Crippen LogP contribution in [0.15, 0.2) is 47.4 Å². The summed E-state index contributed by atoms with van der Waals surface area (Å²) in [6, 6.07) is 10.7. The highest BCUT2D eigenvalue weighted by molar-refractivity contribution is 7.89. The Morgan fingerprint density at radius 2 is 1.91 bits per heavy atom. The SMILES string of the molecule is NS(=O)(=O)c1ccc(NCc2ccccc2Cl)c(C(=O)O)c1. The number of hydrogen-bond donors (Lipinski definition) is 3. The lowest BCUT2D eigenvalue weighted by Crippen LogP contribution is -2.14. The van der Waals surface area contributed by atoms with Crippen molar-refractivity contribution in [2.75, 3.05) is 5.32 Å². The molecule has 0 bridgehead atoms. The highest BCUT2D eigenvalue weighted by Crippen LogP contribution is 2.22. The van der Waals surface area contributed by atoms with Gasteiger partial charge in [0.25, 0.3) is 0 Å². The summed E-state index contributed by atoms with van der Waals surface area (Å²) in [6.45, 7) is 0.300. The van der Waals surface area contributed by atoms with Crippen LogP contribution in [-0.2, 0) is 16.6 Å². The Bertz CT molecular complexity index is 821. The van der Waals surface area contributed by atoms with Gasteiger partial charge in [-0.25, -0.2) is 18.4 Å². The predicted octanol–water partition coefficient (Wildman–Crippen LogP) is 2.30. The minimum Gasteiger partial charge on any atom is -0.478 e. The maximum Gasteiger partial charge on any atom is 0.337 e. The molecule has 6 nitrogen and oxygen atoms in total. The number of carboxylic acids is 1. The molecule has 0 atom stereocenters. The third-order valence-corrected chi connectivity index (χ3v) is 4.26. The number of primary sulfonamides is 1. The van der Waals surface area contributed by atoms with Gasteiger partial charge in [0, 0.05) is 17.3 Å². The Balaban J connectivity index is 2.31. The molecule has 0 spiro atoms. The summed E-state index contributed by atoms with van der Waals surface area (Å²) >= 11 is 6.03. The fraction of sp³-hybridized carbons (Fsp3) is 0.0714. The molecule has 0 saturated carbocycles. The first-order chi connectivity index (χ1) is 10.3. The minimum absolute atomic E-state index is 0.182. The number of carbonyl (C=O) groups is 1. The van der Waals surface area contributed by atoms with Crippen LogP contribution in [0, 0.1) is 0 Å². The summed E-state index contributed by atoms with van der Waals surface area (Å²) in [7, 11) is -3.96. The number of halogens is 1. The summed E-state index contributed by atoms with van der Waals surface area (Å²) in [4.78, 5) is 11.0. The molecule has 0 saturated heterocycles. The first kappa shape index (κ1) is 16.3. The molecule has 0 heterocycles. The van der Waals surface area contributed by atoms with Gasteiger partial charge in [0.15, 0.2) is 0 Å². The van der Waals surface area contributed by atoms with Crippen LogP contribution in [0.1, 0.15) is 15.9 Å². The molecule has 2 rings (SSSR count). The molecule has 0 aliphatic carbocycles. The Morgan fingerprint density at radius 1 is 1.23 bits per heavy atom. The van der Waals surface area contributed by atoms with Crippen LogP contribution in [0.5, 0.6) is 0 Å². The van der Waals surface area contributed by atoms with Crippen molar-refractivity contribution in [1.29, 1.82) is 0 Å². The van der Waals surface area contributed by atoms with Crippen molar-refractivity contribution in [2.45, 2.75) is 11.4 Å². The third kappa shape index (κ3) is 3.76. The van der Waals surface area contributed by atoms with Gasteiger partial charge in [0.2, 0.25) is 10.0 Å². The van der Waals surface area contributed by atoms with E-state index < -0.39 is 16.0 Å². The van der Waals surface area contributed by atoms with E-state index in [1.807, 2.05) is 6.07 Å². The van der Waals surface area contributed by atoms with Crippen LogP contribution in [0.2, 0.25) is 5.02 Å². The Kier molecular flexibility index (Phi) is 4.70. The van der Waals surface area contributed by atoms with Crippen LogP contribution < -0.4 is 10.5 Å². The van der Waals surface area contributed by atoms with E-state index in [9.17, 15) is 18.3 Å². The van der Waals surface area contributed by atoms with Gasteiger partial charge < -0.3 is 10.4 Å². The van der Waals surface area contributed by atoms with Gasteiger partial charge in [-0.15, -0.1) is 0 Å². The van der Waals surface area contributed by atoms with Crippen molar-refractivity contribution < 1.29 is 18.3 Å². The van der Waals surface area contributed by atoms with E-state index in [-0.39, 0.29) is 16.1 Å². The summed E-state index contributed by atoms with van der Waals surface area (Å²) in [5, 5.41) is 17.7. The largest absolute Gasteiger partial charge is 0.478 e. The molecular formula is C14H13ClN2O4S. The van der Waals surface area contributed by atoms with Crippen molar-refractivity contribution >= 4 is 33.3 Å². The zero-order valence-corrected chi connectivity index (χ0v) is 12.9. The molecule has 0 unspecified atom stereocenters. The number of nitrogens with two attached hydrogens (primary N) is 1. The number of hydrogen-bond acceptors (Lipinski definition) is 4. The first-order valence-electron chi connectivity index (χ1n) is 6.16. The number of anilines is 1.